The van der Waals surface area contributed by atoms with Crippen molar-refractivity contribution in [1.29, 1.82) is 0 Å². The minimum atomic E-state index is -1.17. The molecule has 31 heavy (non-hydrogen) atoms. The number of benzene rings is 2. The number of hydrogen-bond acceptors (Lipinski definition) is 6. The quantitative estimate of drug-likeness (QED) is 0.323. The summed E-state index contributed by atoms with van der Waals surface area (Å²) in [6, 6.07) is 18.5. The third-order valence-corrected chi connectivity index (χ3v) is 5.68. The number of rotatable bonds is 10. The SMILES string of the molecule is CCOC(=O)CC1(C(C(=O)OCc2ccccc2)C(=O)OCc2ccccc2)CCC1. The van der Waals surface area contributed by atoms with Crippen LogP contribution in [0.5, 0.6) is 0 Å². The fourth-order valence-corrected chi connectivity index (χ4v) is 3.92. The van der Waals surface area contributed by atoms with Gasteiger partial charge in [0.1, 0.15) is 13.2 Å². The Morgan fingerprint density at radius 2 is 1.29 bits per heavy atom. The van der Waals surface area contributed by atoms with Gasteiger partial charge in [-0.05, 0) is 30.9 Å². The standard InChI is InChI=1S/C25H28O6/c1-2-29-21(26)16-25(14-9-15-25)22(23(27)30-17-19-10-5-3-6-11-19)24(28)31-18-20-12-7-4-8-13-20/h3-8,10-13,22H,2,9,14-18H2,1H3. The molecule has 1 fully saturated rings. The Hall–Kier alpha value is -3.15. The number of esters is 3. The van der Waals surface area contributed by atoms with Gasteiger partial charge in [0.15, 0.2) is 5.92 Å². The van der Waals surface area contributed by atoms with Crippen molar-refractivity contribution in [2.45, 2.75) is 45.8 Å². The predicted molar refractivity (Wildman–Crippen MR) is 114 cm³/mol. The molecule has 0 aromatic heterocycles. The van der Waals surface area contributed by atoms with Crippen molar-refractivity contribution in [3.63, 3.8) is 0 Å². The van der Waals surface area contributed by atoms with E-state index in [0.29, 0.717) is 12.8 Å². The largest absolute Gasteiger partial charge is 0.466 e. The number of ether oxygens (including phenoxy) is 3. The fourth-order valence-electron chi connectivity index (χ4n) is 3.92. The van der Waals surface area contributed by atoms with E-state index in [9.17, 15) is 14.4 Å². The fraction of sp³-hybridized carbons (Fsp3) is 0.400. The molecule has 1 aliphatic carbocycles. The maximum atomic E-state index is 13.1. The van der Waals surface area contributed by atoms with Crippen molar-refractivity contribution in [3.05, 3.63) is 71.8 Å². The van der Waals surface area contributed by atoms with Crippen LogP contribution in [0, 0.1) is 11.3 Å². The molecule has 0 radical (unpaired) electrons. The van der Waals surface area contributed by atoms with Gasteiger partial charge in [0.25, 0.3) is 0 Å². The lowest BCUT2D eigenvalue weighted by Crippen LogP contribution is -2.48. The second-order valence-electron chi connectivity index (χ2n) is 7.82. The third kappa shape index (κ3) is 5.94. The van der Waals surface area contributed by atoms with E-state index in [1.807, 2.05) is 60.7 Å². The molecule has 0 heterocycles. The van der Waals surface area contributed by atoms with Crippen molar-refractivity contribution < 1.29 is 28.6 Å². The summed E-state index contributed by atoms with van der Waals surface area (Å²) < 4.78 is 16.1. The van der Waals surface area contributed by atoms with Gasteiger partial charge in [-0.2, -0.15) is 0 Å². The van der Waals surface area contributed by atoms with E-state index >= 15 is 0 Å². The summed E-state index contributed by atoms with van der Waals surface area (Å²) in [5.41, 5.74) is 0.814. The van der Waals surface area contributed by atoms with E-state index in [-0.39, 0.29) is 26.2 Å². The van der Waals surface area contributed by atoms with Crippen molar-refractivity contribution in [2.24, 2.45) is 11.3 Å². The molecule has 0 atom stereocenters. The molecule has 1 saturated carbocycles. The third-order valence-electron chi connectivity index (χ3n) is 5.68. The first-order valence-corrected chi connectivity index (χ1v) is 10.6. The van der Waals surface area contributed by atoms with Crippen LogP contribution in [0.15, 0.2) is 60.7 Å². The molecule has 0 bridgehead atoms. The second-order valence-corrected chi connectivity index (χ2v) is 7.82. The summed E-state index contributed by atoms with van der Waals surface area (Å²) in [5.74, 6) is -2.91. The average molecular weight is 424 g/mol. The molecule has 0 aliphatic heterocycles. The van der Waals surface area contributed by atoms with E-state index in [1.54, 1.807) is 6.92 Å². The summed E-state index contributed by atoms with van der Waals surface area (Å²) in [4.78, 5) is 38.4. The molecule has 6 heteroatoms. The Morgan fingerprint density at radius 1 is 0.806 bits per heavy atom. The molecule has 2 aromatic rings. The molecule has 0 saturated heterocycles. The Kier molecular flexibility index (Phi) is 7.82. The van der Waals surface area contributed by atoms with E-state index in [2.05, 4.69) is 0 Å². The molecule has 3 rings (SSSR count). The highest BCUT2D eigenvalue weighted by atomic mass is 16.6. The highest BCUT2D eigenvalue weighted by Crippen LogP contribution is 2.51. The second kappa shape index (κ2) is 10.8. The summed E-state index contributed by atoms with van der Waals surface area (Å²) in [6.45, 7) is 2.08. The minimum absolute atomic E-state index is 0.00756. The zero-order chi connectivity index (χ0) is 22.1. The lowest BCUT2D eigenvalue weighted by Gasteiger charge is -2.44. The first kappa shape index (κ1) is 22.5. The smallest absolute Gasteiger partial charge is 0.321 e. The monoisotopic (exact) mass is 424 g/mol. The molecule has 0 unspecified atom stereocenters. The Labute approximate surface area is 182 Å². The normalized spacial score (nSPS) is 14.4. The molecule has 6 nitrogen and oxygen atoms in total. The molecule has 1 aliphatic rings. The van der Waals surface area contributed by atoms with Crippen LogP contribution in [-0.2, 0) is 41.8 Å². The molecule has 0 amide bonds. The summed E-state index contributed by atoms with van der Waals surface area (Å²) in [6.07, 6.45) is 1.95. The van der Waals surface area contributed by atoms with Crippen LogP contribution in [0.1, 0.15) is 43.7 Å². The maximum Gasteiger partial charge on any atom is 0.321 e. The average Bonchev–Trinajstić information content (AvgIpc) is 2.76. The van der Waals surface area contributed by atoms with Gasteiger partial charge in [-0.15, -0.1) is 0 Å². The molecule has 164 valence electrons. The van der Waals surface area contributed by atoms with Gasteiger partial charge in [-0.3, -0.25) is 14.4 Å². The summed E-state index contributed by atoms with van der Waals surface area (Å²) in [5, 5.41) is 0. The lowest BCUT2D eigenvalue weighted by atomic mass is 9.59. The van der Waals surface area contributed by atoms with E-state index in [1.165, 1.54) is 0 Å². The topological polar surface area (TPSA) is 78.9 Å². The van der Waals surface area contributed by atoms with Gasteiger partial charge < -0.3 is 14.2 Å². The molecule has 0 N–H and O–H groups in total. The highest BCUT2D eigenvalue weighted by molar-refractivity contribution is 5.96. The van der Waals surface area contributed by atoms with Crippen LogP contribution in [0.25, 0.3) is 0 Å². The van der Waals surface area contributed by atoms with Crippen LogP contribution in [0.2, 0.25) is 0 Å². The van der Waals surface area contributed by atoms with Gasteiger partial charge in [-0.1, -0.05) is 67.1 Å². The zero-order valence-corrected chi connectivity index (χ0v) is 17.8. The first-order chi connectivity index (χ1) is 15.0. The lowest BCUT2D eigenvalue weighted by molar-refractivity contribution is -0.177. The van der Waals surface area contributed by atoms with Gasteiger partial charge in [0.2, 0.25) is 0 Å². The van der Waals surface area contributed by atoms with Crippen molar-refractivity contribution in [3.8, 4) is 0 Å². The van der Waals surface area contributed by atoms with E-state index in [0.717, 1.165) is 17.5 Å². The molecular weight excluding hydrogens is 396 g/mol. The number of hydrogen-bond donors (Lipinski definition) is 0. The van der Waals surface area contributed by atoms with Crippen LogP contribution in [-0.4, -0.2) is 24.5 Å². The van der Waals surface area contributed by atoms with Crippen LogP contribution >= 0.6 is 0 Å². The summed E-state index contributed by atoms with van der Waals surface area (Å²) in [7, 11) is 0. The predicted octanol–water partition coefficient (Wildman–Crippen LogP) is 4.21. The van der Waals surface area contributed by atoms with Crippen molar-refractivity contribution in [2.75, 3.05) is 6.61 Å². The van der Waals surface area contributed by atoms with Gasteiger partial charge >= 0.3 is 17.9 Å². The van der Waals surface area contributed by atoms with Crippen molar-refractivity contribution >= 4 is 17.9 Å². The Morgan fingerprint density at radius 3 is 1.68 bits per heavy atom. The van der Waals surface area contributed by atoms with Crippen molar-refractivity contribution in [1.82, 2.24) is 0 Å². The summed E-state index contributed by atoms with van der Waals surface area (Å²) >= 11 is 0. The van der Waals surface area contributed by atoms with Crippen LogP contribution < -0.4 is 0 Å². The Bertz CT molecular complexity index is 818. The molecular formula is C25H28O6. The first-order valence-electron chi connectivity index (χ1n) is 10.6. The van der Waals surface area contributed by atoms with E-state index in [4.69, 9.17) is 14.2 Å². The molecule has 2 aromatic carbocycles. The van der Waals surface area contributed by atoms with Crippen LogP contribution in [0.3, 0.4) is 0 Å². The number of carbonyl (C=O) groups is 3. The van der Waals surface area contributed by atoms with Gasteiger partial charge in [-0.25, -0.2) is 0 Å². The van der Waals surface area contributed by atoms with E-state index < -0.39 is 29.2 Å². The highest BCUT2D eigenvalue weighted by Gasteiger charge is 2.54. The van der Waals surface area contributed by atoms with Gasteiger partial charge in [0.05, 0.1) is 13.0 Å². The maximum absolute atomic E-state index is 13.1. The minimum Gasteiger partial charge on any atom is -0.466 e. The van der Waals surface area contributed by atoms with Crippen LogP contribution in [0.4, 0.5) is 0 Å². The number of carbonyl (C=O) groups excluding carboxylic acids is 3. The van der Waals surface area contributed by atoms with Gasteiger partial charge in [0, 0.05) is 5.41 Å². The Balaban J connectivity index is 1.75. The molecule has 0 spiro atoms. The zero-order valence-electron chi connectivity index (χ0n) is 17.8.